The van der Waals surface area contributed by atoms with Crippen LogP contribution in [0.5, 0.6) is 0 Å². The van der Waals surface area contributed by atoms with Crippen molar-refractivity contribution in [1.29, 1.82) is 0 Å². The monoisotopic (exact) mass is 948 g/mol. The zero-order valence-electron chi connectivity index (χ0n) is 39.6. The second kappa shape index (κ2) is 15.8. The first-order valence-electron chi connectivity index (χ1n) is 25.0. The summed E-state index contributed by atoms with van der Waals surface area (Å²) in [6, 6.07) is 81.2. The molecule has 346 valence electrons. The Morgan fingerprint density at radius 3 is 1.73 bits per heavy atom. The Kier molecular flexibility index (Phi) is 8.67. The maximum absolute atomic E-state index is 6.62. The smallest absolute Gasteiger partial charge is 0.160 e. The summed E-state index contributed by atoms with van der Waals surface area (Å²) in [7, 11) is 0. The number of hydrogen-bond donors (Lipinski definition) is 1. The number of nitrogens with one attached hydrogen (secondary N) is 1. The molecule has 7 heteroatoms. The lowest BCUT2D eigenvalue weighted by molar-refractivity contribution is 0.667. The van der Waals surface area contributed by atoms with E-state index in [-0.39, 0.29) is 0 Å². The van der Waals surface area contributed by atoms with Crippen LogP contribution in [0.3, 0.4) is 0 Å². The molecule has 74 heavy (non-hydrogen) atoms. The summed E-state index contributed by atoms with van der Waals surface area (Å²) >= 11 is 0. The maximum Gasteiger partial charge on any atom is 0.160 e. The fourth-order valence-electron chi connectivity index (χ4n) is 11.7. The van der Waals surface area contributed by atoms with E-state index in [2.05, 4.69) is 180 Å². The van der Waals surface area contributed by atoms with E-state index in [9.17, 15) is 0 Å². The molecule has 1 aliphatic rings. The Morgan fingerprint density at radius 1 is 0.365 bits per heavy atom. The molecule has 5 heterocycles. The van der Waals surface area contributed by atoms with Crippen LogP contribution in [0.15, 0.2) is 254 Å². The predicted octanol–water partition coefficient (Wildman–Crippen LogP) is 17.5. The van der Waals surface area contributed by atoms with Crippen LogP contribution in [-0.2, 0) is 0 Å². The number of aliphatic imine (C=N–C) groups is 2. The van der Waals surface area contributed by atoms with Gasteiger partial charge in [-0.1, -0.05) is 158 Å². The molecule has 1 atom stereocenters. The minimum absolute atomic E-state index is 0.561. The molecule has 0 saturated carbocycles. The third kappa shape index (κ3) is 6.13. The van der Waals surface area contributed by atoms with Crippen molar-refractivity contribution in [3.05, 3.63) is 247 Å². The molecule has 15 aromatic rings. The fourth-order valence-corrected chi connectivity index (χ4v) is 11.7. The normalized spacial score (nSPS) is 14.1. The molecule has 7 nitrogen and oxygen atoms in total. The molecule has 1 N–H and O–H groups in total. The molecule has 0 fully saturated rings. The SMILES string of the molecule is c1ccc(-c2cccc3c2c2cc4ccccc4cc2n3-c2ccc(C3N=C(c4cccc5oc6ccccc6c45)N=C(c4cccc5oc6ccccc6c45)N3)cc2-c2ccc3c(c2)oc2ccccc23)cc1. The zero-order valence-corrected chi connectivity index (χ0v) is 39.6. The average molecular weight is 949 g/mol. The Morgan fingerprint density at radius 2 is 0.959 bits per heavy atom. The highest BCUT2D eigenvalue weighted by Gasteiger charge is 2.28. The van der Waals surface area contributed by atoms with Crippen LogP contribution in [-0.4, -0.2) is 16.2 Å². The van der Waals surface area contributed by atoms with Gasteiger partial charge in [0.15, 0.2) is 5.84 Å². The summed E-state index contributed by atoms with van der Waals surface area (Å²) in [6.07, 6.45) is -0.561. The fraction of sp³-hybridized carbons (Fsp3) is 0.0149. The third-order valence-electron chi connectivity index (χ3n) is 15.1. The van der Waals surface area contributed by atoms with Crippen LogP contribution in [0.25, 0.3) is 126 Å². The quantitative estimate of drug-likeness (QED) is 0.180. The number of fused-ring (bicyclic) bond motifs is 13. The lowest BCUT2D eigenvalue weighted by Gasteiger charge is -2.25. The van der Waals surface area contributed by atoms with Crippen LogP contribution in [0, 0.1) is 0 Å². The first-order chi connectivity index (χ1) is 36.7. The van der Waals surface area contributed by atoms with Crippen LogP contribution in [0.4, 0.5) is 0 Å². The van der Waals surface area contributed by atoms with Crippen LogP contribution in [0.1, 0.15) is 22.9 Å². The van der Waals surface area contributed by atoms with Gasteiger partial charge in [-0.25, -0.2) is 9.98 Å². The van der Waals surface area contributed by atoms with E-state index in [0.29, 0.717) is 11.7 Å². The number of rotatable bonds is 6. The number of para-hydroxylation sites is 3. The number of amidine groups is 2. The van der Waals surface area contributed by atoms with Gasteiger partial charge in [0.1, 0.15) is 45.5 Å². The third-order valence-corrected chi connectivity index (χ3v) is 15.1. The molecule has 1 aliphatic heterocycles. The molecule has 0 bridgehead atoms. The largest absolute Gasteiger partial charge is 0.456 e. The highest BCUT2D eigenvalue weighted by molar-refractivity contribution is 6.25. The Labute approximate surface area is 422 Å². The van der Waals surface area contributed by atoms with Gasteiger partial charge in [-0.15, -0.1) is 0 Å². The van der Waals surface area contributed by atoms with Crippen molar-refractivity contribution in [1.82, 2.24) is 9.88 Å². The predicted molar refractivity (Wildman–Crippen MR) is 303 cm³/mol. The van der Waals surface area contributed by atoms with E-state index < -0.39 is 6.17 Å². The van der Waals surface area contributed by atoms with Gasteiger partial charge in [0.25, 0.3) is 0 Å². The summed E-state index contributed by atoms with van der Waals surface area (Å²) in [5.41, 5.74) is 15.3. The standard InChI is InChI=1S/C67H40N4O3/c1-2-15-39(16-3-1)44-22-12-25-54-62(44)52-35-40-17-4-5-18-41(40)37-55(52)71(54)53-34-32-43(36-51(53)42-31-33-46-45-19-6-9-26-56(45)74-61(46)38-42)65-68-66(49-23-13-29-59-63(49)47-20-7-10-27-57(47)72-59)70-67(69-65)50-24-14-30-60-64(50)48-21-8-11-28-58(48)73-60/h1-38,65H,(H,68,69,70). The van der Waals surface area contributed by atoms with Gasteiger partial charge >= 0.3 is 0 Å². The molecule has 1 unspecified atom stereocenters. The number of benzene rings is 11. The highest BCUT2D eigenvalue weighted by Crippen LogP contribution is 2.44. The molecular weight excluding hydrogens is 909 g/mol. The topological polar surface area (TPSA) is 81.1 Å². The van der Waals surface area contributed by atoms with Gasteiger partial charge in [-0.3, -0.25) is 0 Å². The van der Waals surface area contributed by atoms with E-state index in [1.807, 2.05) is 60.7 Å². The number of hydrogen-bond acceptors (Lipinski definition) is 6. The van der Waals surface area contributed by atoms with Crippen molar-refractivity contribution >= 4 is 110 Å². The number of aromatic nitrogens is 1. The Balaban J connectivity index is 0.963. The van der Waals surface area contributed by atoms with Crippen molar-refractivity contribution in [3.8, 4) is 27.9 Å². The minimum Gasteiger partial charge on any atom is -0.456 e. The lowest BCUT2D eigenvalue weighted by Crippen LogP contribution is -2.33. The van der Waals surface area contributed by atoms with E-state index in [4.69, 9.17) is 23.2 Å². The first kappa shape index (κ1) is 40.7. The molecule has 4 aromatic heterocycles. The molecule has 11 aromatic carbocycles. The van der Waals surface area contributed by atoms with Crippen molar-refractivity contribution in [2.45, 2.75) is 6.17 Å². The van der Waals surface area contributed by atoms with Crippen LogP contribution >= 0.6 is 0 Å². The van der Waals surface area contributed by atoms with Crippen molar-refractivity contribution in [2.75, 3.05) is 0 Å². The lowest BCUT2D eigenvalue weighted by atomic mass is 9.97. The molecule has 0 radical (unpaired) electrons. The Bertz CT molecular complexity index is 4890. The second-order valence-electron chi connectivity index (χ2n) is 19.2. The summed E-state index contributed by atoms with van der Waals surface area (Å²) in [5.74, 6) is 1.29. The molecular formula is C67H40N4O3. The minimum atomic E-state index is -0.561. The Hall–Kier alpha value is -9.98. The van der Waals surface area contributed by atoms with E-state index in [1.54, 1.807) is 0 Å². The van der Waals surface area contributed by atoms with Gasteiger partial charge in [0.2, 0.25) is 0 Å². The van der Waals surface area contributed by atoms with Crippen LogP contribution < -0.4 is 5.32 Å². The van der Waals surface area contributed by atoms with Gasteiger partial charge in [-0.05, 0) is 106 Å². The molecule has 16 rings (SSSR count). The molecule has 0 spiro atoms. The van der Waals surface area contributed by atoms with E-state index in [1.165, 1.54) is 32.7 Å². The number of nitrogens with zero attached hydrogens (tertiary/aromatic N) is 3. The van der Waals surface area contributed by atoms with Gasteiger partial charge in [0, 0.05) is 59.8 Å². The van der Waals surface area contributed by atoms with Crippen LogP contribution in [0.2, 0.25) is 0 Å². The molecule has 0 saturated heterocycles. The zero-order chi connectivity index (χ0) is 48.4. The van der Waals surface area contributed by atoms with E-state index >= 15 is 0 Å². The van der Waals surface area contributed by atoms with Crippen molar-refractivity contribution in [2.24, 2.45) is 9.98 Å². The van der Waals surface area contributed by atoms with Gasteiger partial charge < -0.3 is 23.1 Å². The molecule has 0 aliphatic carbocycles. The summed E-state index contributed by atoms with van der Waals surface area (Å²) in [5, 5.41) is 14.8. The summed E-state index contributed by atoms with van der Waals surface area (Å²) in [4.78, 5) is 11.0. The van der Waals surface area contributed by atoms with Gasteiger partial charge in [0.05, 0.1) is 16.7 Å². The number of furan rings is 3. The van der Waals surface area contributed by atoms with Crippen molar-refractivity contribution in [3.63, 3.8) is 0 Å². The summed E-state index contributed by atoms with van der Waals surface area (Å²) in [6.45, 7) is 0. The molecule has 0 amide bonds. The first-order valence-corrected chi connectivity index (χ1v) is 25.0. The highest BCUT2D eigenvalue weighted by atomic mass is 16.3. The van der Waals surface area contributed by atoms with E-state index in [0.717, 1.165) is 110 Å². The summed E-state index contributed by atoms with van der Waals surface area (Å²) < 4.78 is 22.0. The van der Waals surface area contributed by atoms with Gasteiger partial charge in [-0.2, -0.15) is 0 Å². The average Bonchev–Trinajstić information content (AvgIpc) is 4.23. The van der Waals surface area contributed by atoms with Crippen molar-refractivity contribution < 1.29 is 13.3 Å². The maximum atomic E-state index is 6.62. The second-order valence-corrected chi connectivity index (χ2v) is 19.2.